The number of rotatable bonds is 7. The molecule has 0 aromatic heterocycles. The third-order valence-electron chi connectivity index (χ3n) is 1.78. The van der Waals surface area contributed by atoms with Crippen LogP contribution in [0.4, 0.5) is 0 Å². The third-order valence-corrected chi connectivity index (χ3v) is 2.73. The first-order valence-electron chi connectivity index (χ1n) is 4.80. The van der Waals surface area contributed by atoms with Crippen molar-refractivity contribution in [2.75, 3.05) is 25.1 Å². The normalized spacial score (nSPS) is 12.3. The summed E-state index contributed by atoms with van der Waals surface area (Å²) in [4.78, 5) is 0. The lowest BCUT2D eigenvalue weighted by atomic mass is 10.1. The molecule has 0 aliphatic heterocycles. The summed E-state index contributed by atoms with van der Waals surface area (Å²) in [7, 11) is -2.79. The summed E-state index contributed by atoms with van der Waals surface area (Å²) in [6, 6.07) is 0. The Hall–Kier alpha value is -0.0900. The Morgan fingerprint density at radius 3 is 2.31 bits per heavy atom. The second kappa shape index (κ2) is 6.38. The highest BCUT2D eigenvalue weighted by atomic mass is 32.2. The van der Waals surface area contributed by atoms with Crippen LogP contribution in [0.5, 0.6) is 0 Å². The largest absolute Gasteiger partial charge is 0.316 e. The minimum absolute atomic E-state index is 0.245. The Balaban J connectivity index is 3.18. The van der Waals surface area contributed by atoms with Crippen LogP contribution in [-0.2, 0) is 9.84 Å². The summed E-state index contributed by atoms with van der Waals surface area (Å²) in [6.45, 7) is 5.89. The zero-order chi connectivity index (χ0) is 10.3. The highest BCUT2D eigenvalue weighted by Gasteiger charge is 2.00. The van der Waals surface area contributed by atoms with Crippen molar-refractivity contribution in [3.05, 3.63) is 0 Å². The van der Waals surface area contributed by atoms with Gasteiger partial charge >= 0.3 is 0 Å². The average molecular weight is 207 g/mol. The molecule has 0 saturated heterocycles. The third kappa shape index (κ3) is 11.9. The lowest BCUT2D eigenvalue weighted by Gasteiger charge is -2.05. The van der Waals surface area contributed by atoms with Crippen LogP contribution in [0.15, 0.2) is 0 Å². The van der Waals surface area contributed by atoms with Crippen molar-refractivity contribution in [3.8, 4) is 0 Å². The van der Waals surface area contributed by atoms with E-state index in [0.29, 0.717) is 6.54 Å². The van der Waals surface area contributed by atoms with Crippen molar-refractivity contribution in [1.82, 2.24) is 5.32 Å². The monoisotopic (exact) mass is 207 g/mol. The smallest absolute Gasteiger partial charge is 0.148 e. The Morgan fingerprint density at radius 1 is 1.23 bits per heavy atom. The fourth-order valence-corrected chi connectivity index (χ4v) is 1.53. The first-order chi connectivity index (χ1) is 5.92. The van der Waals surface area contributed by atoms with Gasteiger partial charge in [0.2, 0.25) is 0 Å². The van der Waals surface area contributed by atoms with Crippen LogP contribution >= 0.6 is 0 Å². The molecule has 0 saturated carbocycles. The predicted molar refractivity (Wildman–Crippen MR) is 56.7 cm³/mol. The van der Waals surface area contributed by atoms with Gasteiger partial charge in [0, 0.05) is 12.8 Å². The molecule has 0 bridgehead atoms. The van der Waals surface area contributed by atoms with E-state index in [4.69, 9.17) is 0 Å². The summed E-state index contributed by atoms with van der Waals surface area (Å²) < 4.78 is 21.5. The van der Waals surface area contributed by atoms with Crippen LogP contribution in [0.3, 0.4) is 0 Å². The maximum atomic E-state index is 10.7. The summed E-state index contributed by atoms with van der Waals surface area (Å²) >= 11 is 0. The van der Waals surface area contributed by atoms with Crippen LogP contribution in [0.2, 0.25) is 0 Å². The van der Waals surface area contributed by atoms with E-state index in [-0.39, 0.29) is 5.75 Å². The first-order valence-corrected chi connectivity index (χ1v) is 6.86. The first kappa shape index (κ1) is 12.9. The van der Waals surface area contributed by atoms with Crippen molar-refractivity contribution in [1.29, 1.82) is 0 Å². The number of hydrogen-bond donors (Lipinski definition) is 1. The molecule has 0 aromatic rings. The Kier molecular flexibility index (Phi) is 6.33. The van der Waals surface area contributed by atoms with Gasteiger partial charge in [-0.25, -0.2) is 8.42 Å². The van der Waals surface area contributed by atoms with E-state index < -0.39 is 9.84 Å². The zero-order valence-electron chi connectivity index (χ0n) is 8.84. The molecule has 4 heteroatoms. The Morgan fingerprint density at radius 2 is 1.85 bits per heavy atom. The Bertz CT molecular complexity index is 210. The molecule has 0 unspecified atom stereocenters. The molecule has 1 N–H and O–H groups in total. The van der Waals surface area contributed by atoms with Gasteiger partial charge < -0.3 is 5.32 Å². The lowest BCUT2D eigenvalue weighted by Crippen LogP contribution is -2.23. The van der Waals surface area contributed by atoms with Gasteiger partial charge in [-0.15, -0.1) is 0 Å². The average Bonchev–Trinajstić information content (AvgIpc) is 1.93. The molecule has 0 heterocycles. The molecular weight excluding hydrogens is 186 g/mol. The van der Waals surface area contributed by atoms with E-state index in [1.54, 1.807) is 0 Å². The van der Waals surface area contributed by atoms with Gasteiger partial charge in [-0.3, -0.25) is 0 Å². The predicted octanol–water partition coefficient (Wildman–Crippen LogP) is 1.06. The highest BCUT2D eigenvalue weighted by Crippen LogP contribution is 2.01. The van der Waals surface area contributed by atoms with E-state index in [2.05, 4.69) is 19.2 Å². The highest BCUT2D eigenvalue weighted by molar-refractivity contribution is 7.90. The molecular formula is C9H21NO2S. The fraction of sp³-hybridized carbons (Fsp3) is 1.00. The van der Waals surface area contributed by atoms with E-state index in [1.165, 1.54) is 12.7 Å². The quantitative estimate of drug-likeness (QED) is 0.635. The van der Waals surface area contributed by atoms with Crippen molar-refractivity contribution in [3.63, 3.8) is 0 Å². The van der Waals surface area contributed by atoms with Gasteiger partial charge in [-0.2, -0.15) is 0 Å². The molecule has 80 valence electrons. The van der Waals surface area contributed by atoms with Gasteiger partial charge in [0.05, 0.1) is 5.75 Å². The number of nitrogens with one attached hydrogen (secondary N) is 1. The molecule has 0 spiro atoms. The minimum Gasteiger partial charge on any atom is -0.316 e. The van der Waals surface area contributed by atoms with E-state index >= 15 is 0 Å². The van der Waals surface area contributed by atoms with Crippen LogP contribution in [0.25, 0.3) is 0 Å². The maximum absolute atomic E-state index is 10.7. The van der Waals surface area contributed by atoms with Crippen LogP contribution in [0.1, 0.15) is 26.7 Å². The van der Waals surface area contributed by atoms with Crippen molar-refractivity contribution in [2.45, 2.75) is 26.7 Å². The Labute approximate surface area is 81.8 Å². The summed E-state index contributed by atoms with van der Waals surface area (Å²) in [5.41, 5.74) is 0. The second-order valence-electron chi connectivity index (χ2n) is 3.92. The van der Waals surface area contributed by atoms with Gasteiger partial charge in [-0.05, 0) is 25.3 Å². The van der Waals surface area contributed by atoms with Crippen molar-refractivity contribution < 1.29 is 8.42 Å². The lowest BCUT2D eigenvalue weighted by molar-refractivity contribution is 0.531. The van der Waals surface area contributed by atoms with Gasteiger partial charge in [0.1, 0.15) is 9.84 Å². The summed E-state index contributed by atoms with van der Waals surface area (Å²) in [6.07, 6.45) is 3.59. The standard InChI is InChI=1S/C9H21NO2S/c1-9(2)5-4-6-10-7-8-13(3,11)12/h9-10H,4-8H2,1-3H3. The van der Waals surface area contributed by atoms with Crippen LogP contribution < -0.4 is 5.32 Å². The minimum atomic E-state index is -2.79. The van der Waals surface area contributed by atoms with Crippen molar-refractivity contribution >= 4 is 9.84 Å². The van der Waals surface area contributed by atoms with Gasteiger partial charge in [-0.1, -0.05) is 13.8 Å². The summed E-state index contributed by atoms with van der Waals surface area (Å²) in [5.74, 6) is 0.978. The van der Waals surface area contributed by atoms with Gasteiger partial charge in [0.25, 0.3) is 0 Å². The molecule has 0 aliphatic rings. The van der Waals surface area contributed by atoms with E-state index in [1.807, 2.05) is 0 Å². The molecule has 0 aliphatic carbocycles. The molecule has 0 fully saturated rings. The van der Waals surface area contributed by atoms with E-state index in [0.717, 1.165) is 18.9 Å². The molecule has 0 rings (SSSR count). The summed E-state index contributed by atoms with van der Waals surface area (Å²) in [5, 5.41) is 3.12. The van der Waals surface area contributed by atoms with Crippen LogP contribution in [0, 0.1) is 5.92 Å². The molecule has 3 nitrogen and oxygen atoms in total. The van der Waals surface area contributed by atoms with Crippen LogP contribution in [-0.4, -0.2) is 33.5 Å². The van der Waals surface area contributed by atoms with Crippen molar-refractivity contribution in [2.24, 2.45) is 5.92 Å². The molecule has 0 radical (unpaired) electrons. The maximum Gasteiger partial charge on any atom is 0.148 e. The van der Waals surface area contributed by atoms with E-state index in [9.17, 15) is 8.42 Å². The molecule has 0 amide bonds. The second-order valence-corrected chi connectivity index (χ2v) is 6.18. The zero-order valence-corrected chi connectivity index (χ0v) is 9.65. The molecule has 13 heavy (non-hydrogen) atoms. The molecule has 0 aromatic carbocycles. The SMILES string of the molecule is CC(C)CCCNCCS(C)(=O)=O. The number of hydrogen-bond acceptors (Lipinski definition) is 3. The molecule has 0 atom stereocenters. The number of sulfone groups is 1. The fourth-order valence-electron chi connectivity index (χ4n) is 1.02. The van der Waals surface area contributed by atoms with Gasteiger partial charge in [0.15, 0.2) is 0 Å². The topological polar surface area (TPSA) is 46.2 Å².